The summed E-state index contributed by atoms with van der Waals surface area (Å²) in [6.07, 6.45) is 7.78. The molecule has 0 aliphatic heterocycles. The van der Waals surface area contributed by atoms with E-state index in [0.29, 0.717) is 12.2 Å². The van der Waals surface area contributed by atoms with E-state index in [1.165, 1.54) is 11.1 Å². The van der Waals surface area contributed by atoms with Gasteiger partial charge in [0.15, 0.2) is 11.6 Å². The SMILES string of the molecule is Cc1cc(-c2n[nH]c(-c3cncc4c3CCC(C)(C)C4)n2)cc(C)c1CCC(=O)NCC(=O)O. The van der Waals surface area contributed by atoms with Gasteiger partial charge in [-0.2, -0.15) is 5.10 Å². The van der Waals surface area contributed by atoms with Crippen LogP contribution in [0.25, 0.3) is 22.8 Å². The molecule has 1 aliphatic carbocycles. The first kappa shape index (κ1) is 23.6. The maximum atomic E-state index is 11.9. The van der Waals surface area contributed by atoms with Crippen LogP contribution in [0, 0.1) is 19.3 Å². The smallest absolute Gasteiger partial charge is 0.322 e. The van der Waals surface area contributed by atoms with Crippen molar-refractivity contribution in [2.24, 2.45) is 5.41 Å². The number of fused-ring (bicyclic) bond motifs is 1. The third-order valence-electron chi connectivity index (χ3n) is 6.60. The van der Waals surface area contributed by atoms with Crippen LogP contribution in [0.3, 0.4) is 0 Å². The van der Waals surface area contributed by atoms with E-state index in [4.69, 9.17) is 10.1 Å². The molecule has 0 atom stereocenters. The molecule has 0 saturated heterocycles. The highest BCUT2D eigenvalue weighted by Crippen LogP contribution is 2.38. The third-order valence-corrected chi connectivity index (χ3v) is 6.60. The number of aliphatic carboxylic acids is 1. The fraction of sp³-hybridized carbons (Fsp3) is 0.423. The van der Waals surface area contributed by atoms with Crippen LogP contribution in [0.5, 0.6) is 0 Å². The molecule has 0 saturated carbocycles. The standard InChI is InChI=1S/C26H31N5O3/c1-15-9-17(10-16(2)19(15)5-6-22(32)28-14-23(33)34)24-29-25(31-30-24)21-13-27-12-18-11-26(3,4)8-7-20(18)21/h9-10,12-13H,5-8,11,14H2,1-4H3,(H,28,32)(H,33,34)(H,29,30,31). The number of hydrogen-bond acceptors (Lipinski definition) is 5. The number of nitrogens with one attached hydrogen (secondary N) is 2. The van der Waals surface area contributed by atoms with E-state index in [9.17, 15) is 9.59 Å². The van der Waals surface area contributed by atoms with Gasteiger partial charge in [-0.25, -0.2) is 4.98 Å². The number of rotatable bonds is 7. The third kappa shape index (κ3) is 5.16. The molecule has 1 aromatic carbocycles. The molecule has 34 heavy (non-hydrogen) atoms. The summed E-state index contributed by atoms with van der Waals surface area (Å²) in [5, 5.41) is 18.7. The first-order chi connectivity index (χ1) is 16.1. The Labute approximate surface area is 199 Å². The van der Waals surface area contributed by atoms with Crippen molar-refractivity contribution in [2.75, 3.05) is 6.54 Å². The zero-order valence-corrected chi connectivity index (χ0v) is 20.2. The lowest BCUT2D eigenvalue weighted by molar-refractivity contribution is -0.137. The number of carbonyl (C=O) groups excluding carboxylic acids is 1. The molecule has 3 N–H and O–H groups in total. The topological polar surface area (TPSA) is 121 Å². The summed E-state index contributed by atoms with van der Waals surface area (Å²) < 4.78 is 0. The van der Waals surface area contributed by atoms with Crippen molar-refractivity contribution in [1.29, 1.82) is 0 Å². The molecule has 8 heteroatoms. The number of H-pyrrole nitrogens is 1. The van der Waals surface area contributed by atoms with Gasteiger partial charge in [-0.05, 0) is 84.9 Å². The molecule has 3 aromatic rings. The van der Waals surface area contributed by atoms with E-state index in [0.717, 1.165) is 52.9 Å². The Kier molecular flexibility index (Phi) is 6.50. The van der Waals surface area contributed by atoms with Crippen LogP contribution in [0.15, 0.2) is 24.5 Å². The van der Waals surface area contributed by atoms with Crippen molar-refractivity contribution < 1.29 is 14.7 Å². The van der Waals surface area contributed by atoms with E-state index in [2.05, 4.69) is 34.3 Å². The van der Waals surface area contributed by atoms with Crippen molar-refractivity contribution in [3.05, 3.63) is 52.3 Å². The minimum atomic E-state index is -1.05. The van der Waals surface area contributed by atoms with E-state index in [1.807, 2.05) is 38.4 Å². The van der Waals surface area contributed by atoms with Gasteiger partial charge in [0, 0.05) is 29.9 Å². The number of hydrogen-bond donors (Lipinski definition) is 3. The predicted molar refractivity (Wildman–Crippen MR) is 129 cm³/mol. The number of carboxylic acids is 1. The maximum absolute atomic E-state index is 11.9. The molecule has 2 heterocycles. The Hall–Kier alpha value is -3.55. The van der Waals surface area contributed by atoms with Gasteiger partial charge in [0.2, 0.25) is 5.91 Å². The van der Waals surface area contributed by atoms with Gasteiger partial charge in [-0.3, -0.25) is 19.7 Å². The minimum absolute atomic E-state index is 0.238. The number of amides is 1. The van der Waals surface area contributed by atoms with Gasteiger partial charge in [0.1, 0.15) is 6.54 Å². The second kappa shape index (κ2) is 9.37. The van der Waals surface area contributed by atoms with E-state index < -0.39 is 5.97 Å². The summed E-state index contributed by atoms with van der Waals surface area (Å²) in [7, 11) is 0. The second-order valence-electron chi connectivity index (χ2n) is 9.93. The number of carboxylic acid groups (broad SMARTS) is 1. The average molecular weight is 462 g/mol. The Morgan fingerprint density at radius 2 is 1.91 bits per heavy atom. The Balaban J connectivity index is 1.54. The Morgan fingerprint density at radius 1 is 1.18 bits per heavy atom. The lowest BCUT2D eigenvalue weighted by Crippen LogP contribution is -2.29. The van der Waals surface area contributed by atoms with Crippen molar-refractivity contribution in [3.8, 4) is 22.8 Å². The molecule has 0 fully saturated rings. The van der Waals surface area contributed by atoms with Crippen LogP contribution < -0.4 is 5.32 Å². The lowest BCUT2D eigenvalue weighted by Gasteiger charge is -2.31. The molecule has 8 nitrogen and oxygen atoms in total. The largest absolute Gasteiger partial charge is 0.480 e. The van der Waals surface area contributed by atoms with Gasteiger partial charge >= 0.3 is 5.97 Å². The van der Waals surface area contributed by atoms with Crippen molar-refractivity contribution >= 4 is 11.9 Å². The zero-order chi connectivity index (χ0) is 24.5. The van der Waals surface area contributed by atoms with Gasteiger partial charge in [-0.1, -0.05) is 13.8 Å². The van der Waals surface area contributed by atoms with E-state index in [1.54, 1.807) is 0 Å². The summed E-state index contributed by atoms with van der Waals surface area (Å²) in [5.41, 5.74) is 7.99. The lowest BCUT2D eigenvalue weighted by atomic mass is 9.74. The highest BCUT2D eigenvalue weighted by Gasteiger charge is 2.28. The van der Waals surface area contributed by atoms with Crippen LogP contribution in [0.4, 0.5) is 0 Å². The second-order valence-corrected chi connectivity index (χ2v) is 9.93. The first-order valence-electron chi connectivity index (χ1n) is 11.6. The van der Waals surface area contributed by atoms with E-state index >= 15 is 0 Å². The summed E-state index contributed by atoms with van der Waals surface area (Å²) in [6, 6.07) is 4.07. The van der Waals surface area contributed by atoms with Crippen LogP contribution >= 0.6 is 0 Å². The van der Waals surface area contributed by atoms with Crippen LogP contribution in [0.2, 0.25) is 0 Å². The highest BCUT2D eigenvalue weighted by molar-refractivity contribution is 5.81. The van der Waals surface area contributed by atoms with Crippen LogP contribution in [-0.4, -0.2) is 43.7 Å². The van der Waals surface area contributed by atoms with Crippen molar-refractivity contribution in [2.45, 2.75) is 59.8 Å². The fourth-order valence-corrected chi connectivity index (χ4v) is 4.78. The molecule has 1 aliphatic rings. The minimum Gasteiger partial charge on any atom is -0.480 e. The summed E-state index contributed by atoms with van der Waals surface area (Å²) >= 11 is 0. The van der Waals surface area contributed by atoms with Gasteiger partial charge in [-0.15, -0.1) is 0 Å². The average Bonchev–Trinajstić information content (AvgIpc) is 3.26. The van der Waals surface area contributed by atoms with E-state index in [-0.39, 0.29) is 24.3 Å². The molecular formula is C26H31N5O3. The Bertz CT molecular complexity index is 1220. The molecule has 1 amide bonds. The molecule has 0 spiro atoms. The number of aromatic nitrogens is 4. The van der Waals surface area contributed by atoms with Gasteiger partial charge < -0.3 is 10.4 Å². The van der Waals surface area contributed by atoms with Gasteiger partial charge in [0.25, 0.3) is 0 Å². The first-order valence-corrected chi connectivity index (χ1v) is 11.6. The van der Waals surface area contributed by atoms with Crippen molar-refractivity contribution in [1.82, 2.24) is 25.5 Å². The normalized spacial score (nSPS) is 14.5. The number of pyridine rings is 1. The van der Waals surface area contributed by atoms with Crippen molar-refractivity contribution in [3.63, 3.8) is 0 Å². The number of carbonyl (C=O) groups is 2. The summed E-state index contributed by atoms with van der Waals surface area (Å²) in [5.74, 6) is 0.0351. The zero-order valence-electron chi connectivity index (χ0n) is 20.2. The molecule has 0 bridgehead atoms. The number of aryl methyl sites for hydroxylation is 2. The molecule has 4 rings (SSSR count). The molecular weight excluding hydrogens is 430 g/mol. The number of nitrogens with zero attached hydrogens (tertiary/aromatic N) is 3. The summed E-state index contributed by atoms with van der Waals surface area (Å²) in [4.78, 5) is 31.8. The Morgan fingerprint density at radius 3 is 2.62 bits per heavy atom. The van der Waals surface area contributed by atoms with Gasteiger partial charge in [0.05, 0.1) is 0 Å². The van der Waals surface area contributed by atoms with Crippen LogP contribution in [0.1, 0.15) is 54.5 Å². The summed E-state index contributed by atoms with van der Waals surface area (Å²) in [6.45, 7) is 8.25. The predicted octanol–water partition coefficient (Wildman–Crippen LogP) is 3.80. The maximum Gasteiger partial charge on any atom is 0.322 e. The molecule has 2 aromatic heterocycles. The molecule has 0 radical (unpaired) electrons. The molecule has 0 unspecified atom stereocenters. The quantitative estimate of drug-likeness (QED) is 0.492. The number of aromatic amines is 1. The van der Waals surface area contributed by atoms with Crippen LogP contribution in [-0.2, 0) is 28.9 Å². The number of benzene rings is 1. The monoisotopic (exact) mass is 461 g/mol. The molecule has 178 valence electrons. The fourth-order valence-electron chi connectivity index (χ4n) is 4.78. The highest BCUT2D eigenvalue weighted by atomic mass is 16.4.